The van der Waals surface area contributed by atoms with Gasteiger partial charge in [0.2, 0.25) is 0 Å². The molecule has 1 heterocycles. The van der Waals surface area contributed by atoms with Crippen molar-refractivity contribution in [2.45, 2.75) is 31.5 Å². The van der Waals surface area contributed by atoms with Gasteiger partial charge in [0.15, 0.2) is 6.10 Å². The molecule has 1 aromatic carbocycles. The van der Waals surface area contributed by atoms with Gasteiger partial charge in [0, 0.05) is 13.6 Å². The molecule has 0 bridgehead atoms. The summed E-state index contributed by atoms with van der Waals surface area (Å²) in [5.74, 6) is 0.272. The van der Waals surface area contributed by atoms with Crippen LogP contribution in [0.15, 0.2) is 24.3 Å². The lowest BCUT2D eigenvalue weighted by atomic mass is 10.1. The first-order valence-corrected chi connectivity index (χ1v) is 8.34. The lowest BCUT2D eigenvalue weighted by molar-refractivity contribution is -0.145. The molecule has 5 nitrogen and oxygen atoms in total. The first-order valence-electron chi connectivity index (χ1n) is 7.53. The molecule has 2 unspecified atom stereocenters. The summed E-state index contributed by atoms with van der Waals surface area (Å²) in [5, 5.41) is 20.8. The van der Waals surface area contributed by atoms with Crippen molar-refractivity contribution in [2.75, 3.05) is 13.6 Å². The van der Waals surface area contributed by atoms with E-state index in [1.807, 2.05) is 24.3 Å². The zero-order valence-electron chi connectivity index (χ0n) is 12.5. The summed E-state index contributed by atoms with van der Waals surface area (Å²) in [6.07, 6.45) is 0.683. The van der Waals surface area contributed by atoms with E-state index in [9.17, 15) is 15.0 Å². The van der Waals surface area contributed by atoms with Gasteiger partial charge in [-0.25, -0.2) is 4.98 Å². The standard InChI is InChI=1S/C16H20N2O3S/c1-18(9-8-10-6-7-10)16(21)14(20)13(19)15-17-11-4-2-3-5-12(11)22-15/h2-5,10,13-14,19-20H,6-9H2,1H3. The average molecular weight is 320 g/mol. The molecule has 0 saturated heterocycles. The Balaban J connectivity index is 1.66. The predicted octanol–water partition coefficient (Wildman–Crippen LogP) is 1.95. The second-order valence-electron chi connectivity index (χ2n) is 5.90. The van der Waals surface area contributed by atoms with Crippen molar-refractivity contribution in [3.05, 3.63) is 29.3 Å². The molecule has 3 rings (SSSR count). The second kappa shape index (κ2) is 6.32. The number of para-hydroxylation sites is 1. The van der Waals surface area contributed by atoms with Crippen LogP contribution in [0.4, 0.5) is 0 Å². The number of carbonyl (C=O) groups excluding carboxylic acids is 1. The Morgan fingerprint density at radius 3 is 2.82 bits per heavy atom. The highest BCUT2D eigenvalue weighted by atomic mass is 32.1. The van der Waals surface area contributed by atoms with Crippen molar-refractivity contribution in [2.24, 2.45) is 5.92 Å². The van der Waals surface area contributed by atoms with Gasteiger partial charge in [-0.3, -0.25) is 4.79 Å². The van der Waals surface area contributed by atoms with Crippen LogP contribution in [0.25, 0.3) is 10.2 Å². The maximum absolute atomic E-state index is 12.2. The van der Waals surface area contributed by atoms with Crippen LogP contribution in [-0.4, -0.2) is 45.7 Å². The van der Waals surface area contributed by atoms with E-state index in [4.69, 9.17) is 0 Å². The maximum Gasteiger partial charge on any atom is 0.254 e. The van der Waals surface area contributed by atoms with Crippen LogP contribution in [-0.2, 0) is 4.79 Å². The minimum absolute atomic E-state index is 0.373. The number of thiazole rings is 1. The Morgan fingerprint density at radius 1 is 1.41 bits per heavy atom. The molecule has 1 amide bonds. The summed E-state index contributed by atoms with van der Waals surface area (Å²) < 4.78 is 0.929. The van der Waals surface area contributed by atoms with Gasteiger partial charge < -0.3 is 15.1 Å². The quantitative estimate of drug-likeness (QED) is 0.853. The Morgan fingerprint density at radius 2 is 2.14 bits per heavy atom. The molecule has 118 valence electrons. The molecule has 0 radical (unpaired) electrons. The number of aliphatic hydroxyl groups excluding tert-OH is 2. The number of carbonyl (C=O) groups is 1. The van der Waals surface area contributed by atoms with Crippen LogP contribution in [0.1, 0.15) is 30.4 Å². The van der Waals surface area contributed by atoms with E-state index in [1.165, 1.54) is 29.1 Å². The summed E-state index contributed by atoms with van der Waals surface area (Å²) in [5.41, 5.74) is 0.767. The molecule has 1 saturated carbocycles. The topological polar surface area (TPSA) is 73.7 Å². The number of aliphatic hydroxyl groups is 2. The monoisotopic (exact) mass is 320 g/mol. The van der Waals surface area contributed by atoms with E-state index in [1.54, 1.807) is 7.05 Å². The van der Waals surface area contributed by atoms with Gasteiger partial charge in [-0.2, -0.15) is 0 Å². The number of fused-ring (bicyclic) bond motifs is 1. The van der Waals surface area contributed by atoms with Crippen LogP contribution in [0, 0.1) is 5.92 Å². The lowest BCUT2D eigenvalue weighted by Gasteiger charge is -2.22. The number of nitrogens with zero attached hydrogens (tertiary/aromatic N) is 2. The molecular weight excluding hydrogens is 300 g/mol. The fraction of sp³-hybridized carbons (Fsp3) is 0.500. The highest BCUT2D eigenvalue weighted by Crippen LogP contribution is 2.32. The largest absolute Gasteiger partial charge is 0.383 e. The van der Waals surface area contributed by atoms with Crippen molar-refractivity contribution in [3.63, 3.8) is 0 Å². The van der Waals surface area contributed by atoms with E-state index < -0.39 is 18.1 Å². The molecule has 0 spiro atoms. The fourth-order valence-electron chi connectivity index (χ4n) is 2.41. The third-order valence-corrected chi connectivity index (χ3v) is 5.17. The van der Waals surface area contributed by atoms with Crippen molar-refractivity contribution < 1.29 is 15.0 Å². The van der Waals surface area contributed by atoms with Crippen molar-refractivity contribution in [1.82, 2.24) is 9.88 Å². The minimum atomic E-state index is -1.47. The maximum atomic E-state index is 12.2. The van der Waals surface area contributed by atoms with Crippen LogP contribution in [0.2, 0.25) is 0 Å². The number of aromatic nitrogens is 1. The Bertz CT molecular complexity index is 635. The minimum Gasteiger partial charge on any atom is -0.383 e. The first-order chi connectivity index (χ1) is 10.6. The average Bonchev–Trinajstić information content (AvgIpc) is 3.26. The number of rotatable bonds is 6. The predicted molar refractivity (Wildman–Crippen MR) is 85.6 cm³/mol. The van der Waals surface area contributed by atoms with E-state index in [2.05, 4.69) is 4.98 Å². The van der Waals surface area contributed by atoms with Crippen LogP contribution in [0.3, 0.4) is 0 Å². The fourth-order valence-corrected chi connectivity index (χ4v) is 3.39. The molecule has 6 heteroatoms. The summed E-state index contributed by atoms with van der Waals surface area (Å²) in [7, 11) is 1.67. The van der Waals surface area contributed by atoms with Gasteiger partial charge in [0.1, 0.15) is 11.1 Å². The number of hydrogen-bond donors (Lipinski definition) is 2. The number of hydrogen-bond acceptors (Lipinski definition) is 5. The van der Waals surface area contributed by atoms with E-state index in [0.29, 0.717) is 11.6 Å². The SMILES string of the molecule is CN(CCC1CC1)C(=O)C(O)C(O)c1nc2ccccc2s1. The Kier molecular flexibility index (Phi) is 4.42. The highest BCUT2D eigenvalue weighted by molar-refractivity contribution is 7.18. The Hall–Kier alpha value is -1.50. The molecule has 22 heavy (non-hydrogen) atoms. The van der Waals surface area contributed by atoms with Gasteiger partial charge in [0.05, 0.1) is 10.2 Å². The molecule has 2 N–H and O–H groups in total. The molecule has 1 fully saturated rings. The van der Waals surface area contributed by atoms with Crippen LogP contribution >= 0.6 is 11.3 Å². The third-order valence-electron chi connectivity index (χ3n) is 4.06. The molecule has 0 aliphatic heterocycles. The Labute approximate surface area is 133 Å². The summed E-state index contributed by atoms with van der Waals surface area (Å²) in [6.45, 7) is 0.618. The summed E-state index contributed by atoms with van der Waals surface area (Å²) in [4.78, 5) is 18.0. The molecule has 1 aliphatic rings. The number of amides is 1. The molecule has 1 aromatic heterocycles. The summed E-state index contributed by atoms with van der Waals surface area (Å²) >= 11 is 1.30. The molecule has 2 atom stereocenters. The molecule has 1 aliphatic carbocycles. The van der Waals surface area contributed by atoms with Gasteiger partial charge in [-0.15, -0.1) is 11.3 Å². The second-order valence-corrected chi connectivity index (χ2v) is 6.96. The van der Waals surface area contributed by atoms with Crippen molar-refractivity contribution in [1.29, 1.82) is 0 Å². The van der Waals surface area contributed by atoms with Gasteiger partial charge in [0.25, 0.3) is 5.91 Å². The highest BCUT2D eigenvalue weighted by Gasteiger charge is 2.31. The third kappa shape index (κ3) is 3.29. The first kappa shape index (κ1) is 15.4. The number of likely N-dealkylation sites (N-methyl/N-ethyl adjacent to an activating group) is 1. The van der Waals surface area contributed by atoms with Gasteiger partial charge >= 0.3 is 0 Å². The van der Waals surface area contributed by atoms with E-state index >= 15 is 0 Å². The van der Waals surface area contributed by atoms with Gasteiger partial charge in [-0.05, 0) is 24.5 Å². The summed E-state index contributed by atoms with van der Waals surface area (Å²) in [6, 6.07) is 7.51. The van der Waals surface area contributed by atoms with Crippen molar-refractivity contribution >= 4 is 27.5 Å². The van der Waals surface area contributed by atoms with Gasteiger partial charge in [-0.1, -0.05) is 25.0 Å². The lowest BCUT2D eigenvalue weighted by Crippen LogP contribution is -2.40. The zero-order valence-corrected chi connectivity index (χ0v) is 13.3. The zero-order chi connectivity index (χ0) is 15.7. The number of benzene rings is 1. The van der Waals surface area contributed by atoms with Crippen molar-refractivity contribution in [3.8, 4) is 0 Å². The van der Waals surface area contributed by atoms with Crippen LogP contribution < -0.4 is 0 Å². The van der Waals surface area contributed by atoms with E-state index in [0.717, 1.165) is 22.6 Å². The smallest absolute Gasteiger partial charge is 0.254 e. The molecule has 2 aromatic rings. The molecular formula is C16H20N2O3S. The normalized spacial score (nSPS) is 17.4. The van der Waals surface area contributed by atoms with E-state index in [-0.39, 0.29) is 0 Å². The van der Waals surface area contributed by atoms with Crippen LogP contribution in [0.5, 0.6) is 0 Å².